The first-order valence-corrected chi connectivity index (χ1v) is 14.1. The molecule has 0 aromatic heterocycles. The summed E-state index contributed by atoms with van der Waals surface area (Å²) in [6, 6.07) is 28.3. The monoisotopic (exact) mass is 529 g/mol. The first-order chi connectivity index (χ1) is 18.2. The topological polar surface area (TPSA) is 83.9 Å². The minimum absolute atomic E-state index is 0.0546. The highest BCUT2D eigenvalue weighted by molar-refractivity contribution is 7.92. The van der Waals surface area contributed by atoms with E-state index in [4.69, 9.17) is 4.74 Å². The number of aliphatic hydroxyl groups excluding tert-OH is 1. The quantitative estimate of drug-likeness (QED) is 0.272. The number of hydrogen-bond donors (Lipinski definition) is 1. The summed E-state index contributed by atoms with van der Waals surface area (Å²) in [4.78, 5) is 13.1. The minimum Gasteiger partial charge on any atom is -0.487 e. The number of sulfonamides is 1. The Hall–Kier alpha value is -3.94. The normalized spacial score (nSPS) is 11.3. The molecule has 1 N–H and O–H groups in total. The van der Waals surface area contributed by atoms with E-state index in [1.807, 2.05) is 79.7 Å². The van der Waals surface area contributed by atoms with E-state index < -0.39 is 10.0 Å². The molecule has 0 bridgehead atoms. The van der Waals surface area contributed by atoms with Crippen molar-refractivity contribution in [3.63, 3.8) is 0 Å². The molecule has 0 amide bonds. The van der Waals surface area contributed by atoms with Crippen LogP contribution in [-0.2, 0) is 29.7 Å². The van der Waals surface area contributed by atoms with Crippen molar-refractivity contribution in [2.45, 2.75) is 26.6 Å². The van der Waals surface area contributed by atoms with Gasteiger partial charge in [-0.15, -0.1) is 0 Å². The predicted molar refractivity (Wildman–Crippen MR) is 151 cm³/mol. The van der Waals surface area contributed by atoms with E-state index in [1.165, 1.54) is 7.05 Å². The Bertz CT molecular complexity index is 1530. The number of ether oxygens (including phenoxy) is 1. The number of ketones is 1. The molecule has 0 atom stereocenters. The van der Waals surface area contributed by atoms with E-state index in [1.54, 1.807) is 18.2 Å². The van der Waals surface area contributed by atoms with Crippen molar-refractivity contribution in [3.05, 3.63) is 119 Å². The maximum absolute atomic E-state index is 13.1. The van der Waals surface area contributed by atoms with Crippen LogP contribution in [0.25, 0.3) is 11.1 Å². The lowest BCUT2D eigenvalue weighted by molar-refractivity contribution is 0.0993. The second-order valence-corrected chi connectivity index (χ2v) is 11.3. The Kier molecular flexibility index (Phi) is 8.29. The molecule has 0 radical (unpaired) electrons. The zero-order chi connectivity index (χ0) is 27.3. The average Bonchev–Trinajstić information content (AvgIpc) is 2.91. The fraction of sp³-hybridized carbons (Fsp3) is 0.194. The van der Waals surface area contributed by atoms with Gasteiger partial charge in [-0.1, -0.05) is 84.4 Å². The van der Waals surface area contributed by atoms with E-state index in [9.17, 15) is 18.3 Å². The Morgan fingerprint density at radius 1 is 0.868 bits per heavy atom. The zero-order valence-electron chi connectivity index (χ0n) is 21.7. The summed E-state index contributed by atoms with van der Waals surface area (Å²) in [7, 11) is -2.08. The van der Waals surface area contributed by atoms with Gasteiger partial charge in [0, 0.05) is 19.0 Å². The summed E-state index contributed by atoms with van der Waals surface area (Å²) in [5.41, 5.74) is 6.34. The summed E-state index contributed by atoms with van der Waals surface area (Å²) in [6.07, 6.45) is 1.26. The van der Waals surface area contributed by atoms with Gasteiger partial charge in [0.2, 0.25) is 10.0 Å². The van der Waals surface area contributed by atoms with Crippen molar-refractivity contribution in [2.75, 3.05) is 17.6 Å². The van der Waals surface area contributed by atoms with Crippen LogP contribution in [0.1, 0.15) is 32.6 Å². The SMILES string of the molecule is Cc1ccc(CO)c(COc2cc(CC(=O)c3ccc(-c4ccccc4)cc3)ccc2N(C)S(C)(=O)=O)c1. The van der Waals surface area contributed by atoms with Gasteiger partial charge in [0.05, 0.1) is 18.6 Å². The van der Waals surface area contributed by atoms with Gasteiger partial charge in [-0.05, 0) is 46.9 Å². The Balaban J connectivity index is 1.58. The van der Waals surface area contributed by atoms with Crippen molar-refractivity contribution < 1.29 is 23.1 Å². The van der Waals surface area contributed by atoms with Crippen LogP contribution >= 0.6 is 0 Å². The van der Waals surface area contributed by atoms with Gasteiger partial charge in [-0.2, -0.15) is 0 Å². The molecule has 6 nitrogen and oxygen atoms in total. The molecular weight excluding hydrogens is 498 g/mol. The lowest BCUT2D eigenvalue weighted by atomic mass is 9.99. The number of aryl methyl sites for hydroxylation is 1. The van der Waals surface area contributed by atoms with Crippen molar-refractivity contribution in [3.8, 4) is 16.9 Å². The third kappa shape index (κ3) is 6.49. The summed E-state index contributed by atoms with van der Waals surface area (Å²) < 4.78 is 31.8. The van der Waals surface area contributed by atoms with Gasteiger partial charge < -0.3 is 9.84 Å². The van der Waals surface area contributed by atoms with Gasteiger partial charge in [0.15, 0.2) is 5.78 Å². The van der Waals surface area contributed by atoms with E-state index in [0.717, 1.165) is 38.4 Å². The molecule has 38 heavy (non-hydrogen) atoms. The first kappa shape index (κ1) is 27.1. The van der Waals surface area contributed by atoms with Gasteiger partial charge in [0.25, 0.3) is 0 Å². The van der Waals surface area contributed by atoms with Crippen molar-refractivity contribution in [1.29, 1.82) is 0 Å². The average molecular weight is 530 g/mol. The highest BCUT2D eigenvalue weighted by Crippen LogP contribution is 2.32. The molecular formula is C31H31NO5S. The van der Waals surface area contributed by atoms with Gasteiger partial charge >= 0.3 is 0 Å². The van der Waals surface area contributed by atoms with Crippen LogP contribution in [0.5, 0.6) is 5.75 Å². The molecule has 4 rings (SSSR count). The van der Waals surface area contributed by atoms with E-state index in [0.29, 0.717) is 22.6 Å². The van der Waals surface area contributed by atoms with Gasteiger partial charge in [-0.3, -0.25) is 9.10 Å². The number of benzene rings is 4. The van der Waals surface area contributed by atoms with Crippen LogP contribution in [-0.4, -0.2) is 32.6 Å². The molecule has 0 unspecified atom stereocenters. The molecule has 4 aromatic rings. The van der Waals surface area contributed by atoms with Crippen LogP contribution < -0.4 is 9.04 Å². The first-order valence-electron chi connectivity index (χ1n) is 12.2. The zero-order valence-corrected chi connectivity index (χ0v) is 22.5. The van der Waals surface area contributed by atoms with E-state index >= 15 is 0 Å². The van der Waals surface area contributed by atoms with Crippen LogP contribution in [0.15, 0.2) is 91.0 Å². The van der Waals surface area contributed by atoms with Crippen LogP contribution in [0.2, 0.25) is 0 Å². The van der Waals surface area contributed by atoms with Crippen LogP contribution in [0, 0.1) is 6.92 Å². The number of anilines is 1. The standard InChI is InChI=1S/C31H31NO5S/c1-22-9-11-27(20-33)28(17-22)21-37-31-19-23(10-16-29(31)32(2)38(3,35)36)18-30(34)26-14-12-25(13-15-26)24-7-5-4-6-8-24/h4-17,19,33H,18,20-21H2,1-3H3. The maximum Gasteiger partial charge on any atom is 0.232 e. The van der Waals surface area contributed by atoms with Crippen LogP contribution in [0.4, 0.5) is 5.69 Å². The molecule has 0 aliphatic rings. The van der Waals surface area contributed by atoms with Crippen molar-refractivity contribution in [1.82, 2.24) is 0 Å². The van der Waals surface area contributed by atoms with Crippen molar-refractivity contribution in [2.24, 2.45) is 0 Å². The molecule has 4 aromatic carbocycles. The molecule has 0 heterocycles. The second kappa shape index (κ2) is 11.6. The minimum atomic E-state index is -3.54. The number of carbonyl (C=O) groups excluding carboxylic acids is 1. The molecule has 196 valence electrons. The third-order valence-electron chi connectivity index (χ3n) is 6.45. The Morgan fingerprint density at radius 2 is 1.55 bits per heavy atom. The van der Waals surface area contributed by atoms with Crippen LogP contribution in [0.3, 0.4) is 0 Å². The Morgan fingerprint density at radius 3 is 2.21 bits per heavy atom. The fourth-order valence-electron chi connectivity index (χ4n) is 4.19. The molecule has 0 saturated carbocycles. The molecule has 7 heteroatoms. The predicted octanol–water partition coefficient (Wildman–Crippen LogP) is 5.55. The summed E-state index contributed by atoms with van der Waals surface area (Å²) in [5.74, 6) is 0.286. The van der Waals surface area contributed by atoms with E-state index in [-0.39, 0.29) is 25.4 Å². The number of rotatable bonds is 10. The highest BCUT2D eigenvalue weighted by Gasteiger charge is 2.19. The lowest BCUT2D eigenvalue weighted by Crippen LogP contribution is -2.25. The number of Topliss-reactive ketones (excluding diaryl/α,β-unsaturated/α-hetero) is 1. The third-order valence-corrected chi connectivity index (χ3v) is 7.65. The van der Waals surface area contributed by atoms with Gasteiger partial charge in [-0.25, -0.2) is 8.42 Å². The molecule has 0 saturated heterocycles. The molecule has 0 aliphatic heterocycles. The Labute approximate surface area is 224 Å². The summed E-state index contributed by atoms with van der Waals surface area (Å²) >= 11 is 0. The maximum atomic E-state index is 13.1. The summed E-state index contributed by atoms with van der Waals surface area (Å²) in [5, 5.41) is 9.71. The number of nitrogens with zero attached hydrogens (tertiary/aromatic N) is 1. The summed E-state index contributed by atoms with van der Waals surface area (Å²) in [6.45, 7) is 1.96. The smallest absolute Gasteiger partial charge is 0.232 e. The number of carbonyl (C=O) groups is 1. The molecule has 0 spiro atoms. The van der Waals surface area contributed by atoms with Gasteiger partial charge in [0.1, 0.15) is 12.4 Å². The molecule has 0 fully saturated rings. The number of hydrogen-bond acceptors (Lipinski definition) is 5. The largest absolute Gasteiger partial charge is 0.487 e. The molecule has 0 aliphatic carbocycles. The highest BCUT2D eigenvalue weighted by atomic mass is 32.2. The second-order valence-electron chi connectivity index (χ2n) is 9.29. The number of aliphatic hydroxyl groups is 1. The fourth-order valence-corrected chi connectivity index (χ4v) is 4.70. The van der Waals surface area contributed by atoms with Crippen molar-refractivity contribution >= 4 is 21.5 Å². The van der Waals surface area contributed by atoms with E-state index in [2.05, 4.69) is 0 Å². The lowest BCUT2D eigenvalue weighted by Gasteiger charge is -2.21.